The second-order valence-corrected chi connectivity index (χ2v) is 7.06. The van der Waals surface area contributed by atoms with Gasteiger partial charge in [-0.2, -0.15) is 0 Å². The van der Waals surface area contributed by atoms with Crippen molar-refractivity contribution in [1.29, 1.82) is 0 Å². The van der Waals surface area contributed by atoms with E-state index in [-0.39, 0.29) is 0 Å². The summed E-state index contributed by atoms with van der Waals surface area (Å²) in [5.74, 6) is 0. The Morgan fingerprint density at radius 1 is 1.07 bits per heavy atom. The van der Waals surface area contributed by atoms with Crippen molar-refractivity contribution < 1.29 is 0 Å². The lowest BCUT2D eigenvalue weighted by molar-refractivity contribution is 0.152. The van der Waals surface area contributed by atoms with Crippen molar-refractivity contribution in [2.24, 2.45) is 0 Å². The summed E-state index contributed by atoms with van der Waals surface area (Å²) >= 11 is 0. The Kier molecular flexibility index (Phi) is 2.90. The van der Waals surface area contributed by atoms with Crippen LogP contribution in [0.1, 0.15) is 46.5 Å². The maximum Gasteiger partial charge on any atom is 0.0308 e. The van der Waals surface area contributed by atoms with E-state index >= 15 is 0 Å². The molecule has 0 radical (unpaired) electrons. The number of hydrogen-bond donors (Lipinski definition) is 0. The standard InChI is InChI=1S/C11H23N2P/c1-11(2,3)13-10-8-6-5-7-9(10)12(4)14-13/h9-10,14H,5-8H2,1-4H3/t9-,10-/m1/s1. The molecule has 1 unspecified atom stereocenters. The summed E-state index contributed by atoms with van der Waals surface area (Å²) in [5.41, 5.74) is 0.351. The minimum Gasteiger partial charge on any atom is -0.271 e. The first-order valence-electron chi connectivity index (χ1n) is 5.78. The van der Waals surface area contributed by atoms with Crippen LogP contribution in [-0.4, -0.2) is 34.0 Å². The average molecular weight is 214 g/mol. The van der Waals surface area contributed by atoms with E-state index in [4.69, 9.17) is 0 Å². The van der Waals surface area contributed by atoms with E-state index in [0.717, 1.165) is 21.0 Å². The van der Waals surface area contributed by atoms with E-state index in [1.807, 2.05) is 0 Å². The number of hydrogen-bond acceptors (Lipinski definition) is 2. The highest BCUT2D eigenvalue weighted by atomic mass is 31.1. The summed E-state index contributed by atoms with van der Waals surface area (Å²) in [6.45, 7) is 7.06. The first kappa shape index (κ1) is 10.9. The molecule has 1 saturated heterocycles. The van der Waals surface area contributed by atoms with Crippen LogP contribution in [0.5, 0.6) is 0 Å². The maximum absolute atomic E-state index is 2.72. The Hall–Kier alpha value is 0.350. The van der Waals surface area contributed by atoms with Crippen LogP contribution in [0.15, 0.2) is 0 Å². The topological polar surface area (TPSA) is 6.48 Å². The van der Waals surface area contributed by atoms with Crippen LogP contribution in [0.2, 0.25) is 0 Å². The fourth-order valence-corrected chi connectivity index (χ4v) is 4.35. The molecule has 1 aliphatic heterocycles. The molecule has 0 aromatic carbocycles. The van der Waals surface area contributed by atoms with Crippen molar-refractivity contribution in [3.63, 3.8) is 0 Å². The zero-order chi connectivity index (χ0) is 10.3. The van der Waals surface area contributed by atoms with Gasteiger partial charge in [0.15, 0.2) is 0 Å². The third-order valence-electron chi connectivity index (χ3n) is 3.51. The van der Waals surface area contributed by atoms with E-state index < -0.39 is 0 Å². The maximum atomic E-state index is 2.72. The van der Waals surface area contributed by atoms with Crippen molar-refractivity contribution in [1.82, 2.24) is 9.34 Å². The Bertz CT molecular complexity index is 212. The lowest BCUT2D eigenvalue weighted by Crippen LogP contribution is -2.45. The lowest BCUT2D eigenvalue weighted by atomic mass is 9.88. The Labute approximate surface area is 89.9 Å². The Morgan fingerprint density at radius 3 is 2.21 bits per heavy atom. The molecular formula is C11H23N2P. The van der Waals surface area contributed by atoms with Gasteiger partial charge in [0.05, 0.1) is 0 Å². The van der Waals surface area contributed by atoms with E-state index in [0.29, 0.717) is 5.54 Å². The molecule has 2 nitrogen and oxygen atoms in total. The number of nitrogens with zero attached hydrogens (tertiary/aromatic N) is 2. The van der Waals surface area contributed by atoms with Gasteiger partial charge in [-0.3, -0.25) is 9.34 Å². The van der Waals surface area contributed by atoms with Gasteiger partial charge in [0, 0.05) is 26.5 Å². The average Bonchev–Trinajstić information content (AvgIpc) is 2.44. The summed E-state index contributed by atoms with van der Waals surface area (Å²) in [7, 11) is 3.20. The first-order chi connectivity index (χ1) is 6.50. The Balaban J connectivity index is 2.14. The molecule has 2 aliphatic rings. The van der Waals surface area contributed by atoms with Crippen LogP contribution in [0.3, 0.4) is 0 Å². The first-order valence-corrected chi connectivity index (χ1v) is 6.68. The normalized spacial score (nSPS) is 37.7. The van der Waals surface area contributed by atoms with Crippen molar-refractivity contribution in [3.8, 4) is 0 Å². The molecule has 0 aromatic rings. The van der Waals surface area contributed by atoms with Gasteiger partial charge in [-0.25, -0.2) is 0 Å². The molecule has 0 N–H and O–H groups in total. The van der Waals surface area contributed by atoms with Crippen LogP contribution >= 0.6 is 8.88 Å². The van der Waals surface area contributed by atoms with Gasteiger partial charge in [0.1, 0.15) is 0 Å². The fraction of sp³-hybridized carbons (Fsp3) is 1.00. The predicted molar refractivity (Wildman–Crippen MR) is 63.7 cm³/mol. The molecule has 1 aliphatic carbocycles. The van der Waals surface area contributed by atoms with E-state index in [1.165, 1.54) is 25.7 Å². The molecule has 3 atom stereocenters. The molecule has 3 heteroatoms. The molecule has 2 fully saturated rings. The van der Waals surface area contributed by atoms with Gasteiger partial charge in [-0.15, -0.1) is 0 Å². The van der Waals surface area contributed by atoms with Crippen LogP contribution in [0.25, 0.3) is 0 Å². The van der Waals surface area contributed by atoms with Gasteiger partial charge in [-0.05, 0) is 40.7 Å². The van der Waals surface area contributed by atoms with Gasteiger partial charge in [0.2, 0.25) is 0 Å². The molecule has 0 bridgehead atoms. The van der Waals surface area contributed by atoms with Crippen LogP contribution in [0.4, 0.5) is 0 Å². The lowest BCUT2D eigenvalue weighted by Gasteiger charge is -2.38. The van der Waals surface area contributed by atoms with E-state index in [1.54, 1.807) is 0 Å². The highest BCUT2D eigenvalue weighted by molar-refractivity contribution is 7.32. The van der Waals surface area contributed by atoms with Crippen LogP contribution in [-0.2, 0) is 0 Å². The minimum absolute atomic E-state index is 0.351. The van der Waals surface area contributed by atoms with Gasteiger partial charge in [-0.1, -0.05) is 12.8 Å². The molecule has 0 spiro atoms. The molecule has 1 heterocycles. The summed E-state index contributed by atoms with van der Waals surface area (Å²) in [6.07, 6.45) is 5.71. The molecule has 1 saturated carbocycles. The Morgan fingerprint density at radius 2 is 1.64 bits per heavy atom. The third-order valence-corrected chi connectivity index (χ3v) is 5.38. The van der Waals surface area contributed by atoms with E-state index in [9.17, 15) is 0 Å². The third kappa shape index (κ3) is 1.85. The molecular weight excluding hydrogens is 191 g/mol. The van der Waals surface area contributed by atoms with E-state index in [2.05, 4.69) is 37.2 Å². The fourth-order valence-electron chi connectivity index (χ4n) is 2.81. The number of fused-ring (bicyclic) bond motifs is 1. The molecule has 0 aromatic heterocycles. The largest absolute Gasteiger partial charge is 0.271 e. The van der Waals surface area contributed by atoms with Gasteiger partial charge >= 0.3 is 0 Å². The summed E-state index contributed by atoms with van der Waals surface area (Å²) < 4.78 is 5.30. The smallest absolute Gasteiger partial charge is 0.0308 e. The van der Waals surface area contributed by atoms with Crippen molar-refractivity contribution in [3.05, 3.63) is 0 Å². The zero-order valence-electron chi connectivity index (χ0n) is 9.88. The number of rotatable bonds is 0. The zero-order valence-corrected chi connectivity index (χ0v) is 10.9. The van der Waals surface area contributed by atoms with Crippen molar-refractivity contribution >= 4 is 8.88 Å². The number of likely N-dealkylation sites (N-methyl/N-ethyl adjacent to an activating group) is 1. The molecule has 14 heavy (non-hydrogen) atoms. The summed E-state index contributed by atoms with van der Waals surface area (Å²) in [4.78, 5) is 0. The van der Waals surface area contributed by atoms with Gasteiger partial charge < -0.3 is 0 Å². The highest BCUT2D eigenvalue weighted by Crippen LogP contribution is 2.47. The molecule has 0 amide bonds. The van der Waals surface area contributed by atoms with Crippen LogP contribution in [0, 0.1) is 0 Å². The second-order valence-electron chi connectivity index (χ2n) is 5.67. The summed E-state index contributed by atoms with van der Waals surface area (Å²) in [6, 6.07) is 1.69. The van der Waals surface area contributed by atoms with Gasteiger partial charge in [0.25, 0.3) is 0 Å². The minimum atomic E-state index is 0.351. The highest BCUT2D eigenvalue weighted by Gasteiger charge is 2.43. The summed E-state index contributed by atoms with van der Waals surface area (Å²) in [5, 5.41) is 0. The second kappa shape index (κ2) is 3.73. The quantitative estimate of drug-likeness (QED) is 0.572. The SMILES string of the molecule is CN1PN(C(C)(C)C)[C@@H]2CCCC[C@H]21. The molecule has 82 valence electrons. The monoisotopic (exact) mass is 214 g/mol. The van der Waals surface area contributed by atoms with Crippen molar-refractivity contribution in [2.45, 2.75) is 64.1 Å². The predicted octanol–water partition coefficient (Wildman–Crippen LogP) is 2.85. The van der Waals surface area contributed by atoms with Crippen LogP contribution < -0.4 is 0 Å². The van der Waals surface area contributed by atoms with Crippen molar-refractivity contribution in [2.75, 3.05) is 7.05 Å². The molecule has 2 rings (SSSR count).